The van der Waals surface area contributed by atoms with Gasteiger partial charge in [0.05, 0.1) is 10.9 Å². The molecular weight excluding hydrogens is 362 g/mol. The van der Waals surface area contributed by atoms with Crippen LogP contribution in [-0.4, -0.2) is 26.9 Å². The Kier molecular flexibility index (Phi) is 6.11. The Labute approximate surface area is 162 Å². The van der Waals surface area contributed by atoms with Crippen molar-refractivity contribution in [1.29, 1.82) is 0 Å². The zero-order chi connectivity index (χ0) is 19.4. The van der Waals surface area contributed by atoms with Gasteiger partial charge in [-0.2, -0.15) is 0 Å². The van der Waals surface area contributed by atoms with Crippen LogP contribution in [-0.2, 0) is 17.6 Å². The Balaban J connectivity index is 1.71. The van der Waals surface area contributed by atoms with Gasteiger partial charge in [-0.25, -0.2) is 4.98 Å². The standard InChI is InChI=1S/C20H23N3O3S/c1-3-17(19(26)21-14-10-8-13(9-11-14)12(2)24)27-20-22-16-7-5-4-6-15(16)18(25)23-20/h8-11,17H,3-7H2,1-2H3,(H,21,26)(H,22,23,25). The second-order valence-electron chi connectivity index (χ2n) is 6.64. The molecule has 0 spiro atoms. The van der Waals surface area contributed by atoms with Gasteiger partial charge in [-0.05, 0) is 63.3 Å². The number of nitrogens with one attached hydrogen (secondary N) is 2. The highest BCUT2D eigenvalue weighted by Crippen LogP contribution is 2.25. The summed E-state index contributed by atoms with van der Waals surface area (Å²) in [6.07, 6.45) is 4.26. The molecule has 0 aliphatic heterocycles. The van der Waals surface area contributed by atoms with Crippen LogP contribution in [0, 0.1) is 0 Å². The monoisotopic (exact) mass is 385 g/mol. The van der Waals surface area contributed by atoms with Crippen LogP contribution in [0.4, 0.5) is 5.69 Å². The van der Waals surface area contributed by atoms with Crippen LogP contribution in [0.1, 0.15) is 54.7 Å². The van der Waals surface area contributed by atoms with Crippen molar-refractivity contribution < 1.29 is 9.59 Å². The van der Waals surface area contributed by atoms with Crippen molar-refractivity contribution in [2.75, 3.05) is 5.32 Å². The summed E-state index contributed by atoms with van der Waals surface area (Å²) in [6.45, 7) is 3.43. The maximum absolute atomic E-state index is 12.6. The Bertz CT molecular complexity index is 906. The fraction of sp³-hybridized carbons (Fsp3) is 0.400. The molecule has 0 bridgehead atoms. The number of carbonyl (C=O) groups excluding carboxylic acids is 2. The highest BCUT2D eigenvalue weighted by Gasteiger charge is 2.22. The van der Waals surface area contributed by atoms with E-state index in [9.17, 15) is 14.4 Å². The lowest BCUT2D eigenvalue weighted by molar-refractivity contribution is -0.115. The number of Topliss-reactive ketones (excluding diaryl/α,β-unsaturated/α-hetero) is 1. The van der Waals surface area contributed by atoms with E-state index < -0.39 is 0 Å². The van der Waals surface area contributed by atoms with E-state index >= 15 is 0 Å². The second kappa shape index (κ2) is 8.52. The van der Waals surface area contributed by atoms with Crippen LogP contribution in [0.3, 0.4) is 0 Å². The fourth-order valence-electron chi connectivity index (χ4n) is 3.10. The first-order valence-corrected chi connectivity index (χ1v) is 10.1. The van der Waals surface area contributed by atoms with Gasteiger partial charge in [0.15, 0.2) is 10.9 Å². The van der Waals surface area contributed by atoms with Gasteiger partial charge in [0.25, 0.3) is 5.56 Å². The van der Waals surface area contributed by atoms with E-state index in [1.54, 1.807) is 24.3 Å². The van der Waals surface area contributed by atoms with Crippen molar-refractivity contribution in [2.24, 2.45) is 0 Å². The summed E-state index contributed by atoms with van der Waals surface area (Å²) in [7, 11) is 0. The largest absolute Gasteiger partial charge is 0.325 e. The quantitative estimate of drug-likeness (QED) is 0.452. The van der Waals surface area contributed by atoms with E-state index in [4.69, 9.17) is 0 Å². The van der Waals surface area contributed by atoms with Crippen molar-refractivity contribution in [1.82, 2.24) is 9.97 Å². The highest BCUT2D eigenvalue weighted by molar-refractivity contribution is 8.00. The van der Waals surface area contributed by atoms with Crippen LogP contribution >= 0.6 is 11.8 Å². The zero-order valence-corrected chi connectivity index (χ0v) is 16.3. The number of anilines is 1. The number of aromatic amines is 1. The lowest BCUT2D eigenvalue weighted by atomic mass is 9.97. The average molecular weight is 385 g/mol. The molecule has 0 saturated carbocycles. The van der Waals surface area contributed by atoms with E-state index in [0.29, 0.717) is 22.8 Å². The number of aromatic nitrogens is 2. The Morgan fingerprint density at radius 1 is 1.22 bits per heavy atom. The number of amides is 1. The first-order valence-electron chi connectivity index (χ1n) is 9.18. The molecule has 1 aromatic heterocycles. The maximum atomic E-state index is 12.6. The third-order valence-electron chi connectivity index (χ3n) is 4.65. The van der Waals surface area contributed by atoms with Gasteiger partial charge in [-0.1, -0.05) is 18.7 Å². The molecule has 2 aromatic rings. The van der Waals surface area contributed by atoms with Gasteiger partial charge in [-0.15, -0.1) is 0 Å². The number of fused-ring (bicyclic) bond motifs is 1. The van der Waals surface area contributed by atoms with Gasteiger partial charge >= 0.3 is 0 Å². The summed E-state index contributed by atoms with van der Waals surface area (Å²) >= 11 is 1.28. The molecule has 3 rings (SSSR count). The molecule has 1 unspecified atom stereocenters. The topological polar surface area (TPSA) is 91.9 Å². The number of thioether (sulfide) groups is 1. The van der Waals surface area contributed by atoms with Gasteiger partial charge < -0.3 is 10.3 Å². The Morgan fingerprint density at radius 2 is 1.93 bits per heavy atom. The first kappa shape index (κ1) is 19.4. The molecule has 0 fully saturated rings. The van der Waals surface area contributed by atoms with Crippen molar-refractivity contribution in [3.8, 4) is 0 Å². The molecule has 142 valence electrons. The number of nitrogens with zero attached hydrogens (tertiary/aromatic N) is 1. The van der Waals surface area contributed by atoms with Crippen LogP contribution in [0.5, 0.6) is 0 Å². The van der Waals surface area contributed by atoms with Crippen molar-refractivity contribution in [2.45, 2.75) is 56.4 Å². The minimum absolute atomic E-state index is 0.0164. The van der Waals surface area contributed by atoms with E-state index in [-0.39, 0.29) is 22.5 Å². The number of H-pyrrole nitrogens is 1. The number of benzene rings is 1. The fourth-order valence-corrected chi connectivity index (χ4v) is 4.02. The number of rotatable bonds is 6. The highest BCUT2D eigenvalue weighted by atomic mass is 32.2. The summed E-state index contributed by atoms with van der Waals surface area (Å²) in [5, 5.41) is 2.99. The number of carbonyl (C=O) groups is 2. The smallest absolute Gasteiger partial charge is 0.254 e. The average Bonchev–Trinajstić information content (AvgIpc) is 2.66. The molecular formula is C20H23N3O3S. The predicted molar refractivity (Wildman–Crippen MR) is 107 cm³/mol. The van der Waals surface area contributed by atoms with Crippen molar-refractivity contribution in [3.63, 3.8) is 0 Å². The summed E-state index contributed by atoms with van der Waals surface area (Å²) in [6, 6.07) is 6.80. The zero-order valence-electron chi connectivity index (χ0n) is 15.5. The molecule has 1 aliphatic rings. The van der Waals surface area contributed by atoms with Gasteiger partial charge in [0, 0.05) is 16.8 Å². The molecule has 1 aliphatic carbocycles. The molecule has 1 atom stereocenters. The van der Waals surface area contributed by atoms with Gasteiger partial charge in [-0.3, -0.25) is 14.4 Å². The molecule has 0 saturated heterocycles. The summed E-state index contributed by atoms with van der Waals surface area (Å²) in [4.78, 5) is 43.6. The Morgan fingerprint density at radius 3 is 2.59 bits per heavy atom. The van der Waals surface area contributed by atoms with Gasteiger partial charge in [0.2, 0.25) is 5.91 Å². The molecule has 7 heteroatoms. The third kappa shape index (κ3) is 4.66. The lowest BCUT2D eigenvalue weighted by Crippen LogP contribution is -2.26. The second-order valence-corrected chi connectivity index (χ2v) is 7.83. The number of hydrogen-bond acceptors (Lipinski definition) is 5. The Hall–Kier alpha value is -2.41. The molecule has 2 N–H and O–H groups in total. The van der Waals surface area contributed by atoms with E-state index in [1.807, 2.05) is 6.92 Å². The van der Waals surface area contributed by atoms with Gasteiger partial charge in [0.1, 0.15) is 0 Å². The van der Waals surface area contributed by atoms with Crippen LogP contribution in [0.25, 0.3) is 0 Å². The summed E-state index contributed by atoms with van der Waals surface area (Å²) < 4.78 is 0. The number of aryl methyl sites for hydroxylation is 1. The van der Waals surface area contributed by atoms with E-state index in [1.165, 1.54) is 18.7 Å². The van der Waals surface area contributed by atoms with Crippen LogP contribution in [0.2, 0.25) is 0 Å². The lowest BCUT2D eigenvalue weighted by Gasteiger charge is -2.17. The number of hydrogen-bond donors (Lipinski definition) is 2. The third-order valence-corrected chi connectivity index (χ3v) is 5.89. The summed E-state index contributed by atoms with van der Waals surface area (Å²) in [5.74, 6) is -0.171. The van der Waals surface area contributed by atoms with Crippen LogP contribution in [0.15, 0.2) is 34.2 Å². The summed E-state index contributed by atoms with van der Waals surface area (Å²) in [5.41, 5.74) is 2.80. The normalized spacial score (nSPS) is 14.3. The van der Waals surface area contributed by atoms with Crippen molar-refractivity contribution >= 4 is 29.1 Å². The molecule has 0 radical (unpaired) electrons. The van der Waals surface area contributed by atoms with Crippen LogP contribution < -0.4 is 10.9 Å². The first-order chi connectivity index (χ1) is 13.0. The minimum Gasteiger partial charge on any atom is -0.325 e. The molecule has 27 heavy (non-hydrogen) atoms. The maximum Gasteiger partial charge on any atom is 0.254 e. The minimum atomic E-state index is -0.373. The SMILES string of the molecule is CCC(Sc1nc2c(c(=O)[nH]1)CCCC2)C(=O)Nc1ccc(C(C)=O)cc1. The molecule has 1 amide bonds. The predicted octanol–water partition coefficient (Wildman–Crippen LogP) is 3.36. The van der Waals surface area contributed by atoms with E-state index in [2.05, 4.69) is 15.3 Å². The molecule has 1 aromatic carbocycles. The number of ketones is 1. The molecule has 6 nitrogen and oxygen atoms in total. The molecule has 1 heterocycles. The van der Waals surface area contributed by atoms with E-state index in [0.717, 1.165) is 36.9 Å². The van der Waals surface area contributed by atoms with Crippen molar-refractivity contribution in [3.05, 3.63) is 51.4 Å².